The van der Waals surface area contributed by atoms with Crippen LogP contribution in [0.2, 0.25) is 0 Å². The molecule has 3 amide bonds. The van der Waals surface area contributed by atoms with Gasteiger partial charge in [-0.05, 0) is 58.2 Å². The fourth-order valence-electron chi connectivity index (χ4n) is 3.87. The Labute approximate surface area is 217 Å². The highest BCUT2D eigenvalue weighted by Crippen LogP contribution is 2.33. The molecule has 0 bridgehead atoms. The van der Waals surface area contributed by atoms with Crippen molar-refractivity contribution in [1.82, 2.24) is 10.2 Å². The minimum atomic E-state index is -1.47. The lowest BCUT2D eigenvalue weighted by atomic mass is 9.98. The van der Waals surface area contributed by atoms with Crippen LogP contribution in [0.4, 0.5) is 10.5 Å². The average Bonchev–Trinajstić information content (AvgIpc) is 2.80. The van der Waals surface area contributed by atoms with Gasteiger partial charge in [-0.15, -0.1) is 0 Å². The molecule has 5 N–H and O–H groups in total. The maximum atomic E-state index is 13.8. The van der Waals surface area contributed by atoms with E-state index in [2.05, 4.69) is 10.6 Å². The standard InChI is InChI=1S/C27H37N3O7/c1-16-9-7-10-17(2)21(16)29-24(34)22(19-12-8-11-18(3)23(19)33)30(13-14-31)25(35)20(15-32)28-26(36)37-27(4,5)6/h7-12,20,22,31-33H,13-15H2,1-6H3,(H,28,36)(H,29,34). The van der Waals surface area contributed by atoms with Gasteiger partial charge < -0.3 is 35.6 Å². The van der Waals surface area contributed by atoms with E-state index in [9.17, 15) is 29.7 Å². The molecule has 10 heteroatoms. The van der Waals surface area contributed by atoms with Crippen LogP contribution in [0.15, 0.2) is 36.4 Å². The normalized spacial score (nSPS) is 12.9. The quantitative estimate of drug-likeness (QED) is 0.345. The van der Waals surface area contributed by atoms with Gasteiger partial charge in [0.15, 0.2) is 0 Å². The minimum absolute atomic E-state index is 0.125. The Hall–Kier alpha value is -3.63. The number of hydrogen-bond acceptors (Lipinski definition) is 7. The second-order valence-electron chi connectivity index (χ2n) is 9.81. The number of phenolic OH excluding ortho intramolecular Hbond substituents is 1. The highest BCUT2D eigenvalue weighted by atomic mass is 16.6. The van der Waals surface area contributed by atoms with E-state index in [1.165, 1.54) is 6.07 Å². The molecule has 0 saturated carbocycles. The molecular formula is C27H37N3O7. The van der Waals surface area contributed by atoms with E-state index in [-0.39, 0.29) is 17.9 Å². The van der Waals surface area contributed by atoms with Crippen LogP contribution >= 0.6 is 0 Å². The highest BCUT2D eigenvalue weighted by molar-refractivity contribution is 6.00. The summed E-state index contributed by atoms with van der Waals surface area (Å²) >= 11 is 0. The van der Waals surface area contributed by atoms with Crippen LogP contribution in [0.3, 0.4) is 0 Å². The van der Waals surface area contributed by atoms with Crippen molar-refractivity contribution in [2.75, 3.05) is 25.1 Å². The molecule has 2 aromatic carbocycles. The maximum absolute atomic E-state index is 13.8. The van der Waals surface area contributed by atoms with E-state index in [0.29, 0.717) is 11.3 Å². The third-order valence-electron chi connectivity index (χ3n) is 5.65. The number of carbonyl (C=O) groups excluding carboxylic acids is 3. The van der Waals surface area contributed by atoms with Gasteiger partial charge in [-0.2, -0.15) is 0 Å². The molecule has 2 rings (SSSR count). The van der Waals surface area contributed by atoms with Crippen LogP contribution < -0.4 is 10.6 Å². The van der Waals surface area contributed by atoms with Gasteiger partial charge in [0.05, 0.1) is 13.2 Å². The van der Waals surface area contributed by atoms with Gasteiger partial charge in [0.1, 0.15) is 23.4 Å². The first-order valence-electron chi connectivity index (χ1n) is 12.0. The summed E-state index contributed by atoms with van der Waals surface area (Å²) in [6.45, 7) is 8.62. The zero-order valence-corrected chi connectivity index (χ0v) is 22.2. The number of aryl methyl sites for hydroxylation is 3. The number of amides is 3. The Bertz CT molecular complexity index is 1110. The summed E-state index contributed by atoms with van der Waals surface area (Å²) < 4.78 is 5.19. The molecule has 0 saturated heterocycles. The van der Waals surface area contributed by atoms with Crippen molar-refractivity contribution in [2.24, 2.45) is 0 Å². The number of anilines is 1. The van der Waals surface area contributed by atoms with Crippen LogP contribution in [0.25, 0.3) is 0 Å². The van der Waals surface area contributed by atoms with Crippen LogP contribution in [0, 0.1) is 20.8 Å². The minimum Gasteiger partial charge on any atom is -0.507 e. The zero-order chi connectivity index (χ0) is 27.9. The molecule has 2 atom stereocenters. The topological polar surface area (TPSA) is 148 Å². The van der Waals surface area contributed by atoms with Gasteiger partial charge in [-0.25, -0.2) is 4.79 Å². The molecular weight excluding hydrogens is 478 g/mol. The second-order valence-corrected chi connectivity index (χ2v) is 9.81. The zero-order valence-electron chi connectivity index (χ0n) is 22.2. The van der Waals surface area contributed by atoms with Gasteiger partial charge in [0.25, 0.3) is 5.91 Å². The number of nitrogens with one attached hydrogen (secondary N) is 2. The molecule has 10 nitrogen and oxygen atoms in total. The summed E-state index contributed by atoms with van der Waals surface area (Å²) in [7, 11) is 0. The number of aromatic hydroxyl groups is 1. The Morgan fingerprint density at radius 1 is 0.973 bits per heavy atom. The Morgan fingerprint density at radius 2 is 1.54 bits per heavy atom. The lowest BCUT2D eigenvalue weighted by Crippen LogP contribution is -2.54. The van der Waals surface area contributed by atoms with Gasteiger partial charge in [0, 0.05) is 17.8 Å². The third-order valence-corrected chi connectivity index (χ3v) is 5.65. The van der Waals surface area contributed by atoms with Crippen molar-refractivity contribution in [3.63, 3.8) is 0 Å². The summed E-state index contributed by atoms with van der Waals surface area (Å²) in [5, 5.41) is 35.7. The monoisotopic (exact) mass is 515 g/mol. The number of hydrogen-bond donors (Lipinski definition) is 5. The number of ether oxygens (including phenoxy) is 1. The van der Waals surface area contributed by atoms with E-state index in [1.807, 2.05) is 32.0 Å². The Balaban J connectivity index is 2.54. The van der Waals surface area contributed by atoms with E-state index >= 15 is 0 Å². The lowest BCUT2D eigenvalue weighted by Gasteiger charge is -2.34. The Kier molecular flexibility index (Phi) is 10.0. The van der Waals surface area contributed by atoms with Crippen molar-refractivity contribution in [3.8, 4) is 5.75 Å². The summed E-state index contributed by atoms with van der Waals surface area (Å²) in [5.41, 5.74) is 1.88. The lowest BCUT2D eigenvalue weighted by molar-refractivity contribution is -0.142. The molecule has 0 fully saturated rings. The first-order chi connectivity index (χ1) is 17.3. The SMILES string of the molecule is Cc1cccc(C(C(=O)Nc2c(C)cccc2C)N(CCO)C(=O)C(CO)NC(=O)OC(C)(C)C)c1O. The van der Waals surface area contributed by atoms with Crippen molar-refractivity contribution in [1.29, 1.82) is 0 Å². The fraction of sp³-hybridized carbons (Fsp3) is 0.444. The van der Waals surface area contributed by atoms with E-state index in [4.69, 9.17) is 4.74 Å². The molecule has 0 aromatic heterocycles. The molecule has 202 valence electrons. The van der Waals surface area contributed by atoms with E-state index < -0.39 is 48.8 Å². The predicted octanol–water partition coefficient (Wildman–Crippen LogP) is 2.70. The second kappa shape index (κ2) is 12.6. The number of aliphatic hydroxyl groups excluding tert-OH is 2. The van der Waals surface area contributed by atoms with Crippen LogP contribution in [0.5, 0.6) is 5.75 Å². The van der Waals surface area contributed by atoms with Crippen molar-refractivity contribution in [3.05, 3.63) is 58.7 Å². The smallest absolute Gasteiger partial charge is 0.408 e. The van der Waals surface area contributed by atoms with Crippen molar-refractivity contribution < 1.29 is 34.4 Å². The molecule has 0 spiro atoms. The highest BCUT2D eigenvalue weighted by Gasteiger charge is 2.37. The first-order valence-corrected chi connectivity index (χ1v) is 12.0. The molecule has 0 heterocycles. The predicted molar refractivity (Wildman–Crippen MR) is 139 cm³/mol. The third kappa shape index (κ3) is 7.68. The summed E-state index contributed by atoms with van der Waals surface area (Å²) in [5.74, 6) is -1.68. The number of para-hydroxylation sites is 2. The Morgan fingerprint density at radius 3 is 2.08 bits per heavy atom. The largest absolute Gasteiger partial charge is 0.507 e. The number of benzene rings is 2. The number of carbonyl (C=O) groups is 3. The summed E-state index contributed by atoms with van der Waals surface area (Å²) in [6.07, 6.45) is -0.932. The van der Waals surface area contributed by atoms with E-state index in [0.717, 1.165) is 16.0 Å². The first kappa shape index (κ1) is 29.6. The van der Waals surface area contributed by atoms with Gasteiger partial charge >= 0.3 is 6.09 Å². The molecule has 37 heavy (non-hydrogen) atoms. The fourth-order valence-corrected chi connectivity index (χ4v) is 3.87. The average molecular weight is 516 g/mol. The van der Waals surface area contributed by atoms with Crippen molar-refractivity contribution in [2.45, 2.75) is 59.2 Å². The molecule has 0 aliphatic heterocycles. The summed E-state index contributed by atoms with van der Waals surface area (Å²) in [6, 6.07) is 7.42. The number of rotatable bonds is 9. The van der Waals surface area contributed by atoms with Gasteiger partial charge in [-0.1, -0.05) is 36.4 Å². The molecule has 2 unspecified atom stereocenters. The van der Waals surface area contributed by atoms with Crippen LogP contribution in [-0.2, 0) is 14.3 Å². The molecule has 2 aromatic rings. The van der Waals surface area contributed by atoms with E-state index in [1.54, 1.807) is 39.8 Å². The summed E-state index contributed by atoms with van der Waals surface area (Å²) in [4.78, 5) is 40.7. The van der Waals surface area contributed by atoms with Gasteiger partial charge in [-0.3, -0.25) is 9.59 Å². The van der Waals surface area contributed by atoms with Crippen LogP contribution in [0.1, 0.15) is 49.1 Å². The number of aliphatic hydroxyl groups is 2. The van der Waals surface area contributed by atoms with Gasteiger partial charge in [0.2, 0.25) is 5.91 Å². The van der Waals surface area contributed by atoms with Crippen molar-refractivity contribution >= 4 is 23.6 Å². The molecule has 0 aliphatic rings. The number of alkyl carbamates (subject to hydrolysis) is 1. The maximum Gasteiger partial charge on any atom is 0.408 e. The molecule has 0 aliphatic carbocycles. The van der Waals surface area contributed by atoms with Crippen LogP contribution in [-0.4, -0.2) is 69.5 Å². The number of phenols is 1. The molecule has 0 radical (unpaired) electrons. The number of nitrogens with zero attached hydrogens (tertiary/aromatic N) is 1.